The number of carbonyl (C=O) groups excluding carboxylic acids is 1. The summed E-state index contributed by atoms with van der Waals surface area (Å²) in [5, 5.41) is 5.93. The Balaban J connectivity index is 0.00000364. The van der Waals surface area contributed by atoms with E-state index in [-0.39, 0.29) is 29.9 Å². The minimum Gasteiger partial charge on any atom is -0.359 e. The van der Waals surface area contributed by atoms with Gasteiger partial charge in [-0.1, -0.05) is 0 Å². The van der Waals surface area contributed by atoms with Gasteiger partial charge in [-0.25, -0.2) is 8.78 Å². The van der Waals surface area contributed by atoms with Gasteiger partial charge >= 0.3 is 0 Å². The number of hydrogen-bond donors (Lipinski definition) is 2. The van der Waals surface area contributed by atoms with E-state index in [1.165, 1.54) is 6.07 Å². The molecular weight excluding hydrogens is 465 g/mol. The number of rotatable bonds is 6. The van der Waals surface area contributed by atoms with Gasteiger partial charge in [0.25, 0.3) is 0 Å². The van der Waals surface area contributed by atoms with Crippen molar-refractivity contribution in [3.05, 3.63) is 35.4 Å². The first kappa shape index (κ1) is 23.6. The fourth-order valence-corrected chi connectivity index (χ4v) is 3.16. The van der Waals surface area contributed by atoms with E-state index in [1.807, 2.05) is 6.92 Å². The highest BCUT2D eigenvalue weighted by Gasteiger charge is 2.23. The van der Waals surface area contributed by atoms with Crippen LogP contribution in [-0.4, -0.2) is 50.0 Å². The third-order valence-electron chi connectivity index (χ3n) is 4.65. The van der Waals surface area contributed by atoms with Crippen molar-refractivity contribution in [2.75, 3.05) is 33.2 Å². The van der Waals surface area contributed by atoms with Gasteiger partial charge in [0.2, 0.25) is 5.91 Å². The number of benzene rings is 1. The number of carbonyl (C=O) groups is 1. The summed E-state index contributed by atoms with van der Waals surface area (Å²) < 4.78 is 26.9. The number of likely N-dealkylation sites (tertiary alicyclic amines) is 1. The van der Waals surface area contributed by atoms with Crippen LogP contribution in [0.4, 0.5) is 8.78 Å². The van der Waals surface area contributed by atoms with E-state index in [4.69, 9.17) is 0 Å². The lowest BCUT2D eigenvalue weighted by Crippen LogP contribution is -2.46. The van der Waals surface area contributed by atoms with Crippen LogP contribution in [0.25, 0.3) is 0 Å². The van der Waals surface area contributed by atoms with Gasteiger partial charge in [0.15, 0.2) is 5.96 Å². The molecule has 0 unspecified atom stereocenters. The fourth-order valence-electron chi connectivity index (χ4n) is 3.16. The zero-order chi connectivity index (χ0) is 18.9. The highest BCUT2D eigenvalue weighted by molar-refractivity contribution is 14.0. The number of nitrogens with one attached hydrogen (secondary N) is 2. The molecule has 0 saturated carbocycles. The van der Waals surface area contributed by atoms with Crippen molar-refractivity contribution < 1.29 is 13.6 Å². The lowest BCUT2D eigenvalue weighted by molar-refractivity contribution is -0.121. The summed E-state index contributed by atoms with van der Waals surface area (Å²) in [6, 6.07) is 3.49. The number of nitrogens with zero attached hydrogens (tertiary/aromatic N) is 2. The Labute approximate surface area is 177 Å². The van der Waals surface area contributed by atoms with Crippen LogP contribution in [0.5, 0.6) is 0 Å². The van der Waals surface area contributed by atoms with Crippen molar-refractivity contribution in [1.82, 2.24) is 15.5 Å². The summed E-state index contributed by atoms with van der Waals surface area (Å²) in [5.74, 6) is 0.441. The molecule has 1 aliphatic rings. The first-order valence-corrected chi connectivity index (χ1v) is 9.21. The third kappa shape index (κ3) is 7.59. The van der Waals surface area contributed by atoms with Gasteiger partial charge in [0.1, 0.15) is 11.6 Å². The minimum absolute atomic E-state index is 0. The Morgan fingerprint density at radius 3 is 2.63 bits per heavy atom. The summed E-state index contributed by atoms with van der Waals surface area (Å²) in [4.78, 5) is 18.2. The molecule has 152 valence electrons. The molecule has 2 rings (SSSR count). The lowest BCUT2D eigenvalue weighted by atomic mass is 9.93. The van der Waals surface area contributed by atoms with Crippen LogP contribution in [0.2, 0.25) is 0 Å². The molecule has 8 heteroatoms. The second-order valence-electron chi connectivity index (χ2n) is 6.53. The van der Waals surface area contributed by atoms with Crippen LogP contribution in [0.3, 0.4) is 0 Å². The number of piperidine rings is 1. The summed E-state index contributed by atoms with van der Waals surface area (Å²) in [6.45, 7) is 4.80. The molecule has 1 fully saturated rings. The topological polar surface area (TPSA) is 56.7 Å². The summed E-state index contributed by atoms with van der Waals surface area (Å²) in [5.41, 5.74) is 0.342. The Bertz CT molecular complexity index is 634. The van der Waals surface area contributed by atoms with Crippen LogP contribution < -0.4 is 10.6 Å². The molecule has 1 aromatic rings. The minimum atomic E-state index is -0.435. The van der Waals surface area contributed by atoms with Gasteiger partial charge in [-0.3, -0.25) is 9.79 Å². The molecule has 2 N–H and O–H groups in total. The summed E-state index contributed by atoms with van der Waals surface area (Å²) in [6.07, 6.45) is 2.80. The Morgan fingerprint density at radius 1 is 1.30 bits per heavy atom. The Kier molecular flexibility index (Phi) is 10.6. The Hall–Kier alpha value is -1.45. The maximum absolute atomic E-state index is 13.7. The molecule has 0 radical (unpaired) electrons. The molecule has 1 aliphatic heterocycles. The molecule has 27 heavy (non-hydrogen) atoms. The van der Waals surface area contributed by atoms with Crippen molar-refractivity contribution in [3.63, 3.8) is 0 Å². The van der Waals surface area contributed by atoms with Gasteiger partial charge in [0.05, 0.1) is 0 Å². The van der Waals surface area contributed by atoms with Crippen LogP contribution in [0.1, 0.15) is 31.7 Å². The van der Waals surface area contributed by atoms with Gasteiger partial charge in [-0.2, -0.15) is 0 Å². The van der Waals surface area contributed by atoms with E-state index in [1.54, 1.807) is 7.05 Å². The number of aliphatic imine (C=N–C) groups is 1. The standard InChI is InChI=1S/C19H28F2N4O.HI/c1-3-23-19(24-9-6-15-13-16(20)4-5-17(15)21)25-10-7-14(8-11-25)12-18(26)22-2;/h4-5,13-14H,3,6-12H2,1-2H3,(H,22,26)(H,23,24);1H. The van der Waals surface area contributed by atoms with Crippen molar-refractivity contribution in [1.29, 1.82) is 0 Å². The second-order valence-corrected chi connectivity index (χ2v) is 6.53. The smallest absolute Gasteiger partial charge is 0.220 e. The molecular formula is C19H29F2IN4O. The first-order chi connectivity index (χ1) is 12.5. The number of amides is 1. The number of guanidine groups is 1. The van der Waals surface area contributed by atoms with Crippen molar-refractivity contribution >= 4 is 35.8 Å². The molecule has 1 heterocycles. The first-order valence-electron chi connectivity index (χ1n) is 9.21. The number of halogens is 3. The quantitative estimate of drug-likeness (QED) is 0.364. The maximum atomic E-state index is 13.7. The molecule has 0 bridgehead atoms. The second kappa shape index (κ2) is 12.1. The fraction of sp³-hybridized carbons (Fsp3) is 0.579. The van der Waals surface area contributed by atoms with E-state index in [0.29, 0.717) is 30.9 Å². The summed E-state index contributed by atoms with van der Waals surface area (Å²) in [7, 11) is 1.66. The van der Waals surface area contributed by atoms with E-state index in [9.17, 15) is 13.6 Å². The monoisotopic (exact) mass is 494 g/mol. The molecule has 0 spiro atoms. The van der Waals surface area contributed by atoms with Crippen LogP contribution in [0.15, 0.2) is 23.2 Å². The average molecular weight is 494 g/mol. The van der Waals surface area contributed by atoms with E-state index >= 15 is 0 Å². The van der Waals surface area contributed by atoms with E-state index in [2.05, 4.69) is 20.5 Å². The normalized spacial score (nSPS) is 15.3. The molecule has 5 nitrogen and oxygen atoms in total. The molecule has 1 amide bonds. The summed E-state index contributed by atoms with van der Waals surface area (Å²) >= 11 is 0. The van der Waals surface area contributed by atoms with Crippen LogP contribution in [0, 0.1) is 17.6 Å². The highest BCUT2D eigenvalue weighted by Crippen LogP contribution is 2.20. The molecule has 1 aromatic carbocycles. The van der Waals surface area contributed by atoms with E-state index < -0.39 is 11.6 Å². The lowest BCUT2D eigenvalue weighted by Gasteiger charge is -2.34. The Morgan fingerprint density at radius 2 is 2.00 bits per heavy atom. The van der Waals surface area contributed by atoms with Gasteiger partial charge in [-0.05, 0) is 55.9 Å². The molecule has 1 saturated heterocycles. The maximum Gasteiger partial charge on any atom is 0.220 e. The zero-order valence-electron chi connectivity index (χ0n) is 15.9. The SMILES string of the molecule is CCNC(=NCCc1cc(F)ccc1F)N1CCC(CC(=O)NC)CC1.I. The van der Waals surface area contributed by atoms with E-state index in [0.717, 1.165) is 50.6 Å². The molecule has 0 aromatic heterocycles. The van der Waals surface area contributed by atoms with Gasteiger partial charge < -0.3 is 15.5 Å². The van der Waals surface area contributed by atoms with Crippen LogP contribution >= 0.6 is 24.0 Å². The van der Waals surface area contributed by atoms with Crippen LogP contribution in [-0.2, 0) is 11.2 Å². The highest BCUT2D eigenvalue weighted by atomic mass is 127. The van der Waals surface area contributed by atoms with Crippen molar-refractivity contribution in [2.45, 2.75) is 32.6 Å². The predicted molar refractivity (Wildman–Crippen MR) is 114 cm³/mol. The molecule has 0 aliphatic carbocycles. The average Bonchev–Trinajstić information content (AvgIpc) is 2.64. The largest absolute Gasteiger partial charge is 0.359 e. The predicted octanol–water partition coefficient (Wildman–Crippen LogP) is 2.94. The van der Waals surface area contributed by atoms with Gasteiger partial charge in [-0.15, -0.1) is 24.0 Å². The van der Waals surface area contributed by atoms with Crippen molar-refractivity contribution in [2.24, 2.45) is 10.9 Å². The van der Waals surface area contributed by atoms with Crippen molar-refractivity contribution in [3.8, 4) is 0 Å². The molecule has 0 atom stereocenters. The third-order valence-corrected chi connectivity index (χ3v) is 4.65. The number of hydrogen-bond acceptors (Lipinski definition) is 2. The van der Waals surface area contributed by atoms with Gasteiger partial charge in [0, 0.05) is 39.6 Å². The zero-order valence-corrected chi connectivity index (χ0v) is 18.3.